The molecule has 4 amide bonds. The molecule has 0 heterocycles. The van der Waals surface area contributed by atoms with E-state index in [1.807, 2.05) is 13.2 Å². The number of aliphatic carboxylic acids is 1. The van der Waals surface area contributed by atoms with Gasteiger partial charge in [0.05, 0.1) is 12.5 Å². The minimum absolute atomic E-state index is 0.210. The van der Waals surface area contributed by atoms with Crippen molar-refractivity contribution in [2.75, 3.05) is 18.6 Å². The topological polar surface area (TPSA) is 220 Å². The Kier molecular flexibility index (Phi) is 15.9. The average Bonchev–Trinajstić information content (AvgIpc) is 2.78. The number of unbranched alkanes of at least 4 members (excludes halogenated alkanes) is 1. The molecule has 13 heteroatoms. The number of carboxylic acid groups (broad SMARTS) is 1. The van der Waals surface area contributed by atoms with Gasteiger partial charge in [0.25, 0.3) is 0 Å². The van der Waals surface area contributed by atoms with Crippen LogP contribution in [0, 0.1) is 5.92 Å². The van der Waals surface area contributed by atoms with Crippen LogP contribution in [0.25, 0.3) is 0 Å². The van der Waals surface area contributed by atoms with Crippen molar-refractivity contribution < 1.29 is 29.1 Å². The second-order valence-electron chi connectivity index (χ2n) is 8.18. The molecule has 0 saturated heterocycles. The van der Waals surface area contributed by atoms with Gasteiger partial charge in [0.15, 0.2) is 0 Å². The molecule has 196 valence electrons. The lowest BCUT2D eigenvalue weighted by Crippen LogP contribution is -2.58. The summed E-state index contributed by atoms with van der Waals surface area (Å²) >= 11 is 1.44. The molecule has 12 nitrogen and oxygen atoms in total. The van der Waals surface area contributed by atoms with Crippen molar-refractivity contribution in [1.82, 2.24) is 16.0 Å². The summed E-state index contributed by atoms with van der Waals surface area (Å²) in [6.45, 7) is 4.14. The van der Waals surface area contributed by atoms with E-state index in [2.05, 4.69) is 16.0 Å². The number of thioether (sulfide) groups is 1. The van der Waals surface area contributed by atoms with Gasteiger partial charge in [-0.3, -0.25) is 19.2 Å². The number of carboxylic acids is 1. The summed E-state index contributed by atoms with van der Waals surface area (Å²) < 4.78 is 0. The Morgan fingerprint density at radius 1 is 0.941 bits per heavy atom. The van der Waals surface area contributed by atoms with Crippen LogP contribution >= 0.6 is 11.8 Å². The number of nitrogens with two attached hydrogens (primary N) is 3. The van der Waals surface area contributed by atoms with Gasteiger partial charge < -0.3 is 38.3 Å². The van der Waals surface area contributed by atoms with Gasteiger partial charge in [-0.1, -0.05) is 26.7 Å². The van der Waals surface area contributed by atoms with E-state index in [4.69, 9.17) is 17.2 Å². The zero-order chi connectivity index (χ0) is 26.3. The lowest BCUT2D eigenvalue weighted by molar-refractivity contribution is -0.143. The van der Waals surface area contributed by atoms with E-state index in [0.29, 0.717) is 31.6 Å². The van der Waals surface area contributed by atoms with Crippen LogP contribution in [0.3, 0.4) is 0 Å². The molecule has 0 bridgehead atoms. The number of carbonyl (C=O) groups is 5. The Hall–Kier alpha value is -2.38. The van der Waals surface area contributed by atoms with Gasteiger partial charge in [0.1, 0.15) is 18.1 Å². The minimum Gasteiger partial charge on any atom is -0.480 e. The average molecular weight is 505 g/mol. The predicted molar refractivity (Wildman–Crippen MR) is 131 cm³/mol. The third kappa shape index (κ3) is 12.2. The molecule has 0 rings (SSSR count). The van der Waals surface area contributed by atoms with E-state index in [0.717, 1.165) is 6.42 Å². The smallest absolute Gasteiger partial charge is 0.326 e. The molecule has 0 saturated carbocycles. The summed E-state index contributed by atoms with van der Waals surface area (Å²) in [4.78, 5) is 60.9. The molecule has 34 heavy (non-hydrogen) atoms. The summed E-state index contributed by atoms with van der Waals surface area (Å²) in [6.07, 6.45) is 3.85. The number of rotatable bonds is 18. The fraction of sp³-hybridized carbons (Fsp3) is 0.762. The molecular formula is C21H40N6O6S. The Morgan fingerprint density at radius 3 is 2.06 bits per heavy atom. The molecule has 0 spiro atoms. The van der Waals surface area contributed by atoms with Crippen LogP contribution in [0.4, 0.5) is 0 Å². The molecule has 10 N–H and O–H groups in total. The van der Waals surface area contributed by atoms with Crippen molar-refractivity contribution in [3.63, 3.8) is 0 Å². The van der Waals surface area contributed by atoms with Crippen LogP contribution < -0.4 is 33.2 Å². The number of primary amides is 1. The van der Waals surface area contributed by atoms with E-state index in [1.165, 1.54) is 11.8 Å². The van der Waals surface area contributed by atoms with E-state index in [-0.39, 0.29) is 12.3 Å². The number of nitrogens with one attached hydrogen (secondary N) is 3. The van der Waals surface area contributed by atoms with E-state index in [1.54, 1.807) is 6.92 Å². The van der Waals surface area contributed by atoms with Crippen LogP contribution in [-0.2, 0) is 24.0 Å². The summed E-state index contributed by atoms with van der Waals surface area (Å²) in [5, 5.41) is 16.8. The molecular weight excluding hydrogens is 464 g/mol. The Bertz CT molecular complexity index is 695. The fourth-order valence-electron chi connectivity index (χ4n) is 3.04. The lowest BCUT2D eigenvalue weighted by atomic mass is 9.97. The fourth-order valence-corrected chi connectivity index (χ4v) is 3.51. The van der Waals surface area contributed by atoms with Gasteiger partial charge in [-0.25, -0.2) is 4.79 Å². The van der Waals surface area contributed by atoms with Gasteiger partial charge in [-0.2, -0.15) is 11.8 Å². The molecule has 0 fully saturated rings. The van der Waals surface area contributed by atoms with Crippen molar-refractivity contribution in [2.45, 2.75) is 76.5 Å². The number of carbonyl (C=O) groups excluding carboxylic acids is 4. The molecule has 0 aromatic rings. The first-order chi connectivity index (χ1) is 16.0. The van der Waals surface area contributed by atoms with Crippen LogP contribution in [0.5, 0.6) is 0 Å². The number of amides is 4. The second kappa shape index (κ2) is 17.1. The highest BCUT2D eigenvalue weighted by Crippen LogP contribution is 2.11. The largest absolute Gasteiger partial charge is 0.480 e. The highest BCUT2D eigenvalue weighted by Gasteiger charge is 2.32. The highest BCUT2D eigenvalue weighted by molar-refractivity contribution is 7.98. The van der Waals surface area contributed by atoms with Crippen molar-refractivity contribution in [1.29, 1.82) is 0 Å². The SMILES string of the molecule is CCC(C)C(NC(=O)C(N)CCCCN)C(=O)NC(CCSC)C(=O)NC(CC(N)=O)C(=O)O. The summed E-state index contributed by atoms with van der Waals surface area (Å²) in [7, 11) is 0. The van der Waals surface area contributed by atoms with Gasteiger partial charge in [-0.15, -0.1) is 0 Å². The van der Waals surface area contributed by atoms with Gasteiger partial charge >= 0.3 is 5.97 Å². The molecule has 0 aliphatic heterocycles. The lowest BCUT2D eigenvalue weighted by Gasteiger charge is -2.28. The minimum atomic E-state index is -1.52. The molecule has 0 radical (unpaired) electrons. The molecule has 5 unspecified atom stereocenters. The maximum Gasteiger partial charge on any atom is 0.326 e. The second-order valence-corrected chi connectivity index (χ2v) is 9.16. The number of hydrogen-bond donors (Lipinski definition) is 7. The Balaban J connectivity index is 5.45. The van der Waals surface area contributed by atoms with Crippen molar-refractivity contribution in [3.8, 4) is 0 Å². The van der Waals surface area contributed by atoms with Crippen LogP contribution in [0.1, 0.15) is 52.4 Å². The first-order valence-electron chi connectivity index (χ1n) is 11.3. The van der Waals surface area contributed by atoms with Crippen molar-refractivity contribution in [3.05, 3.63) is 0 Å². The first kappa shape index (κ1) is 31.6. The molecule has 0 aliphatic rings. The maximum atomic E-state index is 13.1. The Labute approximate surface area is 204 Å². The van der Waals surface area contributed by atoms with Gasteiger partial charge in [0.2, 0.25) is 23.6 Å². The van der Waals surface area contributed by atoms with E-state index in [9.17, 15) is 29.1 Å². The van der Waals surface area contributed by atoms with E-state index < -0.39 is 60.2 Å². The molecule has 5 atom stereocenters. The Morgan fingerprint density at radius 2 is 1.56 bits per heavy atom. The molecule has 0 aliphatic carbocycles. The monoisotopic (exact) mass is 504 g/mol. The van der Waals surface area contributed by atoms with Crippen molar-refractivity contribution in [2.24, 2.45) is 23.1 Å². The quantitative estimate of drug-likeness (QED) is 0.110. The molecule has 0 aromatic carbocycles. The normalized spacial score (nSPS) is 15.3. The standard InChI is InChI=1S/C21H40N6O6S/c1-4-12(2)17(27-18(29)13(23)7-5-6-9-22)20(31)25-14(8-10-34-3)19(30)26-15(21(32)33)11-16(24)28/h12-15,17H,4-11,22-23H2,1-3H3,(H2,24,28)(H,25,31)(H,26,30)(H,27,29)(H,32,33). The summed E-state index contributed by atoms with van der Waals surface area (Å²) in [5.74, 6) is -3.89. The van der Waals surface area contributed by atoms with Gasteiger partial charge in [0, 0.05) is 0 Å². The zero-order valence-corrected chi connectivity index (χ0v) is 21.0. The third-order valence-electron chi connectivity index (χ3n) is 5.36. The predicted octanol–water partition coefficient (Wildman–Crippen LogP) is -1.34. The molecule has 0 aromatic heterocycles. The zero-order valence-electron chi connectivity index (χ0n) is 20.2. The van der Waals surface area contributed by atoms with E-state index >= 15 is 0 Å². The summed E-state index contributed by atoms with van der Waals surface area (Å²) in [5.41, 5.74) is 16.5. The van der Waals surface area contributed by atoms with Crippen molar-refractivity contribution >= 4 is 41.4 Å². The summed E-state index contributed by atoms with van der Waals surface area (Å²) in [6, 6.07) is -4.33. The third-order valence-corrected chi connectivity index (χ3v) is 6.01. The van der Waals surface area contributed by atoms with Crippen LogP contribution in [-0.4, -0.2) is 77.4 Å². The maximum absolute atomic E-state index is 13.1. The highest BCUT2D eigenvalue weighted by atomic mass is 32.2. The van der Waals surface area contributed by atoms with Crippen LogP contribution in [0.15, 0.2) is 0 Å². The van der Waals surface area contributed by atoms with Gasteiger partial charge in [-0.05, 0) is 43.7 Å². The number of hydrogen-bond acceptors (Lipinski definition) is 8. The van der Waals surface area contributed by atoms with Crippen LogP contribution in [0.2, 0.25) is 0 Å². The first-order valence-corrected chi connectivity index (χ1v) is 12.7.